The van der Waals surface area contributed by atoms with Gasteiger partial charge in [0.2, 0.25) is 0 Å². The van der Waals surface area contributed by atoms with Crippen molar-refractivity contribution >= 4 is 0 Å². The van der Waals surface area contributed by atoms with Gasteiger partial charge in [-0.25, -0.2) is 18.7 Å². The lowest BCUT2D eigenvalue weighted by Crippen LogP contribution is -2.04. The van der Waals surface area contributed by atoms with Crippen LogP contribution in [-0.4, -0.2) is 22.5 Å². The first-order valence-electron chi connectivity index (χ1n) is 11.9. The van der Waals surface area contributed by atoms with Crippen LogP contribution in [0.3, 0.4) is 0 Å². The van der Waals surface area contributed by atoms with E-state index in [2.05, 4.69) is 16.9 Å². The molecule has 0 saturated heterocycles. The van der Waals surface area contributed by atoms with Crippen molar-refractivity contribution in [3.63, 3.8) is 0 Å². The van der Waals surface area contributed by atoms with Crippen molar-refractivity contribution in [3.05, 3.63) is 42.2 Å². The van der Waals surface area contributed by atoms with E-state index in [1.165, 1.54) is 44.1 Å². The molecule has 3 saturated carbocycles. The SMILES string of the molecule is CCCCCCCCc1cnc(-c2ccc(OC[C@H]3C[C@@]34C[C@]43CC3(F)F)cc2)nc1. The number of rotatable bonds is 11. The molecule has 3 nitrogen and oxygen atoms in total. The molecule has 0 amide bonds. The molecule has 3 aliphatic carbocycles. The van der Waals surface area contributed by atoms with E-state index in [-0.39, 0.29) is 11.8 Å². The number of aryl methyl sites for hydroxylation is 1. The van der Waals surface area contributed by atoms with Crippen LogP contribution in [0.4, 0.5) is 8.78 Å². The second-order valence-electron chi connectivity index (χ2n) is 9.97. The standard InChI is InChI=1S/C26H32F2N2O/c1-2-3-4-5-6-7-8-19-14-29-23(30-15-19)20-9-11-22(12-10-20)31-16-21-13-24(21)17-25(24)18-26(25,27)28/h9-12,14-15,21H,2-8,13,16-18H2,1H3/t21-,24-,25+/m1/s1. The lowest BCUT2D eigenvalue weighted by molar-refractivity contribution is 0.0866. The van der Waals surface area contributed by atoms with Crippen molar-refractivity contribution in [1.29, 1.82) is 0 Å². The molecular weight excluding hydrogens is 394 g/mol. The van der Waals surface area contributed by atoms with E-state index in [9.17, 15) is 8.78 Å². The highest BCUT2D eigenvalue weighted by Crippen LogP contribution is 2.95. The van der Waals surface area contributed by atoms with Crippen LogP contribution in [0.15, 0.2) is 36.7 Å². The summed E-state index contributed by atoms with van der Waals surface area (Å²) in [5.74, 6) is -0.616. The molecule has 1 heterocycles. The first-order chi connectivity index (χ1) is 15.0. The summed E-state index contributed by atoms with van der Waals surface area (Å²) in [4.78, 5) is 9.06. The molecule has 31 heavy (non-hydrogen) atoms. The molecule has 5 heteroatoms. The Morgan fingerprint density at radius 3 is 2.29 bits per heavy atom. The van der Waals surface area contributed by atoms with Crippen molar-refractivity contribution in [2.75, 3.05) is 6.61 Å². The van der Waals surface area contributed by atoms with Crippen LogP contribution < -0.4 is 4.74 Å². The van der Waals surface area contributed by atoms with Gasteiger partial charge in [0.25, 0.3) is 5.92 Å². The van der Waals surface area contributed by atoms with Gasteiger partial charge in [-0.2, -0.15) is 0 Å². The van der Waals surface area contributed by atoms with Gasteiger partial charge >= 0.3 is 0 Å². The smallest absolute Gasteiger partial charge is 0.255 e. The molecule has 5 rings (SSSR count). The molecule has 0 N–H and O–H groups in total. The van der Waals surface area contributed by atoms with Gasteiger partial charge in [0.15, 0.2) is 5.82 Å². The van der Waals surface area contributed by atoms with E-state index in [1.54, 1.807) is 0 Å². The fourth-order valence-electron chi connectivity index (χ4n) is 5.60. The van der Waals surface area contributed by atoms with Crippen LogP contribution in [0.5, 0.6) is 5.75 Å². The average molecular weight is 427 g/mol. The Kier molecular flexibility index (Phi) is 5.26. The van der Waals surface area contributed by atoms with Gasteiger partial charge in [0, 0.05) is 29.8 Å². The zero-order valence-corrected chi connectivity index (χ0v) is 18.4. The number of hydrogen-bond acceptors (Lipinski definition) is 3. The summed E-state index contributed by atoms with van der Waals surface area (Å²) in [7, 11) is 0. The van der Waals surface area contributed by atoms with Crippen molar-refractivity contribution in [1.82, 2.24) is 9.97 Å². The lowest BCUT2D eigenvalue weighted by Gasteiger charge is -2.07. The van der Waals surface area contributed by atoms with E-state index in [4.69, 9.17) is 4.74 Å². The largest absolute Gasteiger partial charge is 0.493 e. The van der Waals surface area contributed by atoms with Crippen LogP contribution in [0, 0.1) is 16.7 Å². The minimum absolute atomic E-state index is 0.0957. The summed E-state index contributed by atoms with van der Waals surface area (Å²) in [6.07, 6.45) is 14.3. The number of unbranched alkanes of at least 4 members (excludes halogenated alkanes) is 5. The molecule has 2 aromatic rings. The fourth-order valence-corrected chi connectivity index (χ4v) is 5.60. The Labute approximate surface area is 183 Å². The van der Waals surface area contributed by atoms with Gasteiger partial charge in [-0.05, 0) is 66.8 Å². The number of fused-ring (bicyclic) bond motifs is 1. The molecule has 1 aromatic heterocycles. The van der Waals surface area contributed by atoms with Gasteiger partial charge in [0.1, 0.15) is 5.75 Å². The van der Waals surface area contributed by atoms with Crippen LogP contribution in [-0.2, 0) is 6.42 Å². The zero-order valence-electron chi connectivity index (χ0n) is 18.4. The number of ether oxygens (including phenoxy) is 1. The molecule has 3 fully saturated rings. The molecule has 0 radical (unpaired) electrons. The minimum Gasteiger partial charge on any atom is -0.493 e. The van der Waals surface area contributed by atoms with Crippen LogP contribution in [0.25, 0.3) is 11.4 Å². The Balaban J connectivity index is 1.07. The molecule has 1 aromatic carbocycles. The van der Waals surface area contributed by atoms with E-state index < -0.39 is 11.3 Å². The van der Waals surface area contributed by atoms with Gasteiger partial charge < -0.3 is 4.74 Å². The molecule has 0 unspecified atom stereocenters. The molecule has 166 valence electrons. The Bertz CT molecular complexity index is 914. The monoisotopic (exact) mass is 426 g/mol. The quantitative estimate of drug-likeness (QED) is 0.368. The minimum atomic E-state index is -2.41. The predicted molar refractivity (Wildman–Crippen MR) is 117 cm³/mol. The summed E-state index contributed by atoms with van der Waals surface area (Å²) >= 11 is 0. The number of nitrogens with zero attached hydrogens (tertiary/aromatic N) is 2. The van der Waals surface area contributed by atoms with Crippen LogP contribution >= 0.6 is 0 Å². The Morgan fingerprint density at radius 1 is 0.968 bits per heavy atom. The van der Waals surface area contributed by atoms with E-state index in [1.807, 2.05) is 36.7 Å². The summed E-state index contributed by atoms with van der Waals surface area (Å²) in [5, 5.41) is 0. The highest BCUT2D eigenvalue weighted by atomic mass is 19.3. The summed E-state index contributed by atoms with van der Waals surface area (Å²) < 4.78 is 33.0. The molecule has 3 aliphatic rings. The molecule has 2 spiro atoms. The summed E-state index contributed by atoms with van der Waals surface area (Å²) in [6, 6.07) is 7.78. The Hall–Kier alpha value is -2.04. The Morgan fingerprint density at radius 2 is 1.65 bits per heavy atom. The van der Waals surface area contributed by atoms with Gasteiger partial charge in [-0.15, -0.1) is 0 Å². The zero-order chi connectivity index (χ0) is 21.5. The second-order valence-corrected chi connectivity index (χ2v) is 9.97. The second kappa shape index (κ2) is 7.83. The molecule has 3 atom stereocenters. The van der Waals surface area contributed by atoms with Gasteiger partial charge in [-0.3, -0.25) is 0 Å². The maximum absolute atomic E-state index is 13.5. The third-order valence-electron chi connectivity index (χ3n) is 7.86. The highest BCUT2D eigenvalue weighted by molar-refractivity contribution is 5.56. The van der Waals surface area contributed by atoms with E-state index in [0.717, 1.165) is 30.0 Å². The number of alkyl halides is 2. The maximum Gasteiger partial charge on any atom is 0.255 e. The topological polar surface area (TPSA) is 35.0 Å². The van der Waals surface area contributed by atoms with E-state index >= 15 is 0 Å². The normalized spacial score (nSPS) is 29.3. The van der Waals surface area contributed by atoms with Crippen molar-refractivity contribution in [2.45, 2.75) is 77.1 Å². The molecule has 0 aliphatic heterocycles. The highest BCUT2D eigenvalue weighted by Gasteiger charge is 2.96. The number of benzene rings is 1. The van der Waals surface area contributed by atoms with Crippen molar-refractivity contribution in [2.24, 2.45) is 16.7 Å². The van der Waals surface area contributed by atoms with Crippen LogP contribution in [0.1, 0.15) is 70.3 Å². The summed E-state index contributed by atoms with van der Waals surface area (Å²) in [5.41, 5.74) is 1.41. The number of hydrogen-bond donors (Lipinski definition) is 0. The number of aromatic nitrogens is 2. The van der Waals surface area contributed by atoms with Crippen LogP contribution in [0.2, 0.25) is 0 Å². The third kappa shape index (κ3) is 3.85. The average Bonchev–Trinajstić information content (AvgIpc) is 3.71. The first-order valence-corrected chi connectivity index (χ1v) is 11.9. The fraction of sp³-hybridized carbons (Fsp3) is 0.615. The summed E-state index contributed by atoms with van der Waals surface area (Å²) in [6.45, 7) is 2.78. The van der Waals surface area contributed by atoms with Gasteiger partial charge in [-0.1, -0.05) is 39.0 Å². The van der Waals surface area contributed by atoms with Crippen molar-refractivity contribution in [3.8, 4) is 17.1 Å². The number of halogens is 2. The van der Waals surface area contributed by atoms with E-state index in [0.29, 0.717) is 18.9 Å². The van der Waals surface area contributed by atoms with Gasteiger partial charge in [0.05, 0.1) is 6.61 Å². The third-order valence-corrected chi connectivity index (χ3v) is 7.86. The molecule has 0 bridgehead atoms. The molecular formula is C26H32F2N2O. The first kappa shape index (κ1) is 20.8. The maximum atomic E-state index is 13.5. The predicted octanol–water partition coefficient (Wildman–Crippen LogP) is 6.86. The van der Waals surface area contributed by atoms with Crippen molar-refractivity contribution < 1.29 is 13.5 Å². The lowest BCUT2D eigenvalue weighted by atomic mass is 10.1.